The molecule has 3 rings (SSSR count). The fourth-order valence-corrected chi connectivity index (χ4v) is 4.65. The van der Waals surface area contributed by atoms with Gasteiger partial charge in [-0.1, -0.05) is 6.07 Å². The summed E-state index contributed by atoms with van der Waals surface area (Å²) in [4.78, 5) is 17.9. The molecule has 1 amide bonds. The van der Waals surface area contributed by atoms with E-state index >= 15 is 0 Å². The molecule has 146 valence electrons. The van der Waals surface area contributed by atoms with E-state index in [1.54, 1.807) is 11.3 Å². The van der Waals surface area contributed by atoms with Gasteiger partial charge in [-0.2, -0.15) is 0 Å². The van der Waals surface area contributed by atoms with Gasteiger partial charge in [0, 0.05) is 49.7 Å². The van der Waals surface area contributed by atoms with Crippen LogP contribution in [0, 0.1) is 11.6 Å². The summed E-state index contributed by atoms with van der Waals surface area (Å²) >= 11 is 5.23. The van der Waals surface area contributed by atoms with Crippen LogP contribution in [-0.2, 0) is 17.8 Å². The quantitative estimate of drug-likeness (QED) is 0.692. The first-order valence-electron chi connectivity index (χ1n) is 8.90. The summed E-state index contributed by atoms with van der Waals surface area (Å²) in [7, 11) is 0. The van der Waals surface area contributed by atoms with Crippen LogP contribution < -0.4 is 5.32 Å². The molecular formula is C19H22BrF2N3OS. The number of hydrogen-bond donors (Lipinski definition) is 1. The van der Waals surface area contributed by atoms with Crippen molar-refractivity contribution in [1.82, 2.24) is 15.1 Å². The summed E-state index contributed by atoms with van der Waals surface area (Å²) in [5.41, 5.74) is 0.0200. The number of halogens is 3. The summed E-state index contributed by atoms with van der Waals surface area (Å²) in [6.07, 6.45) is 0.147. The van der Waals surface area contributed by atoms with Crippen molar-refractivity contribution < 1.29 is 13.6 Å². The smallest absolute Gasteiger partial charge is 0.234 e. The third kappa shape index (κ3) is 6.07. The number of benzene rings is 1. The predicted molar refractivity (Wildman–Crippen MR) is 107 cm³/mol. The molecule has 0 aliphatic carbocycles. The highest BCUT2D eigenvalue weighted by molar-refractivity contribution is 9.11. The standard InChI is InChI=1S/C19H22BrF2N3OS/c20-18-5-4-14(27-18)12-24-8-10-25(11-9-24)13-19(26)23-7-6-15-16(21)2-1-3-17(15)22/h1-5H,6-13H2,(H,23,26). The molecule has 1 fully saturated rings. The summed E-state index contributed by atoms with van der Waals surface area (Å²) < 4.78 is 28.3. The van der Waals surface area contributed by atoms with E-state index in [9.17, 15) is 13.6 Å². The number of amides is 1. The lowest BCUT2D eigenvalue weighted by atomic mass is 10.1. The fraction of sp³-hybridized carbons (Fsp3) is 0.421. The van der Waals surface area contributed by atoms with Crippen LogP contribution in [0.5, 0.6) is 0 Å². The fourth-order valence-electron chi connectivity index (χ4n) is 3.12. The molecular weight excluding hydrogens is 436 g/mol. The van der Waals surface area contributed by atoms with E-state index in [1.165, 1.54) is 23.1 Å². The van der Waals surface area contributed by atoms with Crippen LogP contribution in [0.15, 0.2) is 34.1 Å². The predicted octanol–water partition coefficient (Wildman–Crippen LogP) is 3.27. The zero-order valence-electron chi connectivity index (χ0n) is 14.9. The highest BCUT2D eigenvalue weighted by Crippen LogP contribution is 2.23. The molecule has 0 atom stereocenters. The minimum Gasteiger partial charge on any atom is -0.355 e. The lowest BCUT2D eigenvalue weighted by molar-refractivity contribution is -0.122. The lowest BCUT2D eigenvalue weighted by Crippen LogP contribution is -2.49. The van der Waals surface area contributed by atoms with E-state index in [0.717, 1.165) is 36.5 Å². The molecule has 0 saturated carbocycles. The van der Waals surface area contributed by atoms with Crippen LogP contribution in [-0.4, -0.2) is 55.0 Å². The van der Waals surface area contributed by atoms with Gasteiger partial charge in [0.05, 0.1) is 10.3 Å². The molecule has 8 heteroatoms. The van der Waals surface area contributed by atoms with Crippen LogP contribution in [0.3, 0.4) is 0 Å². The van der Waals surface area contributed by atoms with E-state index in [0.29, 0.717) is 6.54 Å². The molecule has 1 saturated heterocycles. The van der Waals surface area contributed by atoms with E-state index in [4.69, 9.17) is 0 Å². The van der Waals surface area contributed by atoms with E-state index < -0.39 is 11.6 Å². The maximum atomic E-state index is 13.6. The van der Waals surface area contributed by atoms with Crippen molar-refractivity contribution in [3.05, 3.63) is 56.2 Å². The van der Waals surface area contributed by atoms with Crippen molar-refractivity contribution in [3.63, 3.8) is 0 Å². The van der Waals surface area contributed by atoms with Gasteiger partial charge in [0.1, 0.15) is 11.6 Å². The van der Waals surface area contributed by atoms with Crippen LogP contribution in [0.1, 0.15) is 10.4 Å². The van der Waals surface area contributed by atoms with Gasteiger partial charge >= 0.3 is 0 Å². The number of rotatable bonds is 7. The summed E-state index contributed by atoms with van der Waals surface area (Å²) in [5.74, 6) is -1.25. The third-order valence-corrected chi connectivity index (χ3v) is 6.21. The monoisotopic (exact) mass is 457 g/mol. The van der Waals surface area contributed by atoms with Crippen molar-refractivity contribution in [2.45, 2.75) is 13.0 Å². The number of piperazine rings is 1. The van der Waals surface area contributed by atoms with Gasteiger partial charge < -0.3 is 5.32 Å². The normalized spacial score (nSPS) is 15.8. The molecule has 2 aromatic rings. The van der Waals surface area contributed by atoms with Crippen molar-refractivity contribution >= 4 is 33.2 Å². The van der Waals surface area contributed by atoms with Gasteiger partial charge in [-0.25, -0.2) is 8.78 Å². The van der Waals surface area contributed by atoms with Crippen LogP contribution in [0.4, 0.5) is 8.78 Å². The van der Waals surface area contributed by atoms with Crippen molar-refractivity contribution in [2.24, 2.45) is 0 Å². The maximum Gasteiger partial charge on any atom is 0.234 e. The highest BCUT2D eigenvalue weighted by Gasteiger charge is 2.19. The number of thiophene rings is 1. The summed E-state index contributed by atoms with van der Waals surface area (Å²) in [5, 5.41) is 2.76. The molecule has 0 radical (unpaired) electrons. The Morgan fingerprint density at radius 2 is 1.74 bits per heavy atom. The van der Waals surface area contributed by atoms with E-state index in [-0.39, 0.29) is 24.4 Å². The van der Waals surface area contributed by atoms with Crippen molar-refractivity contribution in [1.29, 1.82) is 0 Å². The molecule has 1 aliphatic heterocycles. The second-order valence-electron chi connectivity index (χ2n) is 6.56. The van der Waals surface area contributed by atoms with Crippen LogP contribution >= 0.6 is 27.3 Å². The minimum atomic E-state index is -0.571. The first kappa shape index (κ1) is 20.4. The number of hydrogen-bond acceptors (Lipinski definition) is 4. The van der Waals surface area contributed by atoms with E-state index in [2.05, 4.69) is 43.2 Å². The van der Waals surface area contributed by atoms with Gasteiger partial charge in [-0.15, -0.1) is 11.3 Å². The molecule has 1 aromatic heterocycles. The van der Waals surface area contributed by atoms with Crippen molar-refractivity contribution in [2.75, 3.05) is 39.3 Å². The Morgan fingerprint density at radius 1 is 1.07 bits per heavy atom. The van der Waals surface area contributed by atoms with Gasteiger partial charge in [-0.05, 0) is 46.6 Å². The number of nitrogens with zero attached hydrogens (tertiary/aromatic N) is 2. The Labute approximate surface area is 170 Å². The van der Waals surface area contributed by atoms with Gasteiger partial charge in [0.15, 0.2) is 0 Å². The Hall–Kier alpha value is -1.35. The molecule has 1 aromatic carbocycles. The Kier molecular flexibility index (Phi) is 7.34. The largest absolute Gasteiger partial charge is 0.355 e. The average molecular weight is 458 g/mol. The van der Waals surface area contributed by atoms with Gasteiger partial charge in [-0.3, -0.25) is 14.6 Å². The lowest BCUT2D eigenvalue weighted by Gasteiger charge is -2.34. The molecule has 1 aliphatic rings. The minimum absolute atomic E-state index is 0.0200. The Morgan fingerprint density at radius 3 is 2.37 bits per heavy atom. The van der Waals surface area contributed by atoms with Crippen molar-refractivity contribution in [3.8, 4) is 0 Å². The Balaban J connectivity index is 1.35. The maximum absolute atomic E-state index is 13.6. The second kappa shape index (κ2) is 9.73. The van der Waals surface area contributed by atoms with E-state index in [1.807, 2.05) is 0 Å². The molecule has 0 unspecified atom stereocenters. The van der Waals surface area contributed by atoms with Gasteiger partial charge in [0.25, 0.3) is 0 Å². The molecule has 2 heterocycles. The number of carbonyl (C=O) groups is 1. The summed E-state index contributed by atoms with van der Waals surface area (Å²) in [6, 6.07) is 7.99. The van der Waals surface area contributed by atoms with Crippen LogP contribution in [0.2, 0.25) is 0 Å². The molecule has 0 spiro atoms. The van der Waals surface area contributed by atoms with Crippen LogP contribution in [0.25, 0.3) is 0 Å². The summed E-state index contributed by atoms with van der Waals surface area (Å²) in [6.45, 7) is 4.99. The highest BCUT2D eigenvalue weighted by atomic mass is 79.9. The first-order chi connectivity index (χ1) is 13.0. The SMILES string of the molecule is O=C(CN1CCN(Cc2ccc(Br)s2)CC1)NCCc1c(F)cccc1F. The van der Waals surface area contributed by atoms with Gasteiger partial charge in [0.2, 0.25) is 5.91 Å². The topological polar surface area (TPSA) is 35.6 Å². The third-order valence-electron chi connectivity index (χ3n) is 4.60. The first-order valence-corrected chi connectivity index (χ1v) is 10.5. The molecule has 1 N–H and O–H groups in total. The second-order valence-corrected chi connectivity index (χ2v) is 9.11. The molecule has 4 nitrogen and oxygen atoms in total. The average Bonchev–Trinajstić information content (AvgIpc) is 3.04. The Bertz CT molecular complexity index is 758. The molecule has 27 heavy (non-hydrogen) atoms. The molecule has 0 bridgehead atoms. The number of carbonyl (C=O) groups excluding carboxylic acids is 1. The zero-order chi connectivity index (χ0) is 19.2. The number of nitrogens with one attached hydrogen (secondary N) is 1. The zero-order valence-corrected chi connectivity index (χ0v) is 17.3.